The molecule has 0 aliphatic carbocycles. The number of ether oxygens (including phenoxy) is 1. The first-order valence-electron chi connectivity index (χ1n) is 3.00. The van der Waals surface area contributed by atoms with Gasteiger partial charge in [-0.25, -0.2) is 13.6 Å². The lowest BCUT2D eigenvalue weighted by atomic mass is 10.4. The van der Waals surface area contributed by atoms with E-state index in [-0.39, 0.29) is 6.61 Å². The summed E-state index contributed by atoms with van der Waals surface area (Å²) in [5, 5.41) is 0. The van der Waals surface area contributed by atoms with Crippen molar-refractivity contribution in [3.63, 3.8) is 0 Å². The van der Waals surface area contributed by atoms with Crippen molar-refractivity contribution in [3.8, 4) is 0 Å². The summed E-state index contributed by atoms with van der Waals surface area (Å²) in [7, 11) is 0. The molecule has 0 aromatic carbocycles. The van der Waals surface area contributed by atoms with E-state index in [2.05, 4.69) is 4.74 Å². The lowest BCUT2D eigenvalue weighted by molar-refractivity contribution is -0.137. The van der Waals surface area contributed by atoms with Crippen LogP contribution in [0.25, 0.3) is 0 Å². The number of hydrogen-bond donors (Lipinski definition) is 1. The molecular weight excluding hydrogens is 156 g/mol. The smallest absolute Gasteiger partial charge is 0.332 e. The molecular formula is C6H9F2NO2. The molecule has 0 unspecified atom stereocenters. The maximum absolute atomic E-state index is 11.6. The first-order chi connectivity index (χ1) is 5.07. The maximum atomic E-state index is 11.6. The molecule has 64 valence electrons. The molecule has 0 saturated heterocycles. The summed E-state index contributed by atoms with van der Waals surface area (Å²) >= 11 is 0. The lowest BCUT2D eigenvalue weighted by Gasteiger charge is -1.98. The molecule has 0 atom stereocenters. The molecule has 5 heteroatoms. The molecule has 0 bridgehead atoms. The normalized spacial score (nSPS) is 11.8. The van der Waals surface area contributed by atoms with E-state index in [4.69, 9.17) is 5.73 Å². The Balaban J connectivity index is 3.97. The van der Waals surface area contributed by atoms with Crippen LogP contribution >= 0.6 is 0 Å². The number of carbonyl (C=O) groups excluding carboxylic acids is 1. The number of halogens is 2. The van der Waals surface area contributed by atoms with Crippen molar-refractivity contribution in [2.24, 2.45) is 5.73 Å². The Morgan fingerprint density at radius 1 is 1.73 bits per heavy atom. The third-order valence-corrected chi connectivity index (χ3v) is 0.823. The average Bonchev–Trinajstić information content (AvgIpc) is 1.87. The van der Waals surface area contributed by atoms with Crippen LogP contribution in [0, 0.1) is 0 Å². The van der Waals surface area contributed by atoms with Gasteiger partial charge in [-0.1, -0.05) is 0 Å². The van der Waals surface area contributed by atoms with Crippen molar-refractivity contribution in [2.75, 3.05) is 6.61 Å². The molecule has 0 aliphatic rings. The summed E-state index contributed by atoms with van der Waals surface area (Å²) in [6.07, 6.45) is -2.23. The van der Waals surface area contributed by atoms with Crippen molar-refractivity contribution in [3.05, 3.63) is 11.8 Å². The minimum Gasteiger partial charge on any atom is -0.463 e. The number of rotatable bonds is 3. The topological polar surface area (TPSA) is 52.3 Å². The molecule has 0 saturated carbocycles. The van der Waals surface area contributed by atoms with Crippen LogP contribution in [0.15, 0.2) is 11.8 Å². The Morgan fingerprint density at radius 3 is 2.64 bits per heavy atom. The number of allylic oxidation sites excluding steroid dienone is 1. The fourth-order valence-corrected chi connectivity index (χ4v) is 0.383. The largest absolute Gasteiger partial charge is 0.463 e. The fraction of sp³-hybridized carbons (Fsp3) is 0.500. The average molecular weight is 165 g/mol. The van der Waals surface area contributed by atoms with Crippen LogP contribution in [0.1, 0.15) is 6.92 Å². The highest BCUT2D eigenvalue weighted by Crippen LogP contribution is 2.01. The van der Waals surface area contributed by atoms with Gasteiger partial charge in [0.05, 0.1) is 12.3 Å². The van der Waals surface area contributed by atoms with Gasteiger partial charge in [-0.2, -0.15) is 0 Å². The standard InChI is InChI=1S/C6H9F2NO2/c1-2-11-5(10)3-4(9)6(7)8/h3,6H,2,9H2,1H3/b4-3+. The molecule has 3 nitrogen and oxygen atoms in total. The van der Waals surface area contributed by atoms with Crippen molar-refractivity contribution in [1.82, 2.24) is 0 Å². The van der Waals surface area contributed by atoms with E-state index in [0.717, 1.165) is 0 Å². The second-order valence-corrected chi connectivity index (χ2v) is 1.70. The fourth-order valence-electron chi connectivity index (χ4n) is 0.383. The van der Waals surface area contributed by atoms with Crippen LogP contribution in [0.4, 0.5) is 8.78 Å². The maximum Gasteiger partial charge on any atom is 0.332 e. The minimum atomic E-state index is -2.81. The van der Waals surface area contributed by atoms with Gasteiger partial charge < -0.3 is 10.5 Å². The van der Waals surface area contributed by atoms with E-state index >= 15 is 0 Å². The van der Waals surface area contributed by atoms with Crippen LogP contribution in [0.3, 0.4) is 0 Å². The summed E-state index contributed by atoms with van der Waals surface area (Å²) < 4.78 is 27.6. The zero-order valence-corrected chi connectivity index (χ0v) is 6.01. The van der Waals surface area contributed by atoms with Gasteiger partial charge in [0.1, 0.15) is 0 Å². The number of hydrogen-bond acceptors (Lipinski definition) is 3. The Kier molecular flexibility index (Phi) is 4.17. The molecule has 0 rings (SSSR count). The van der Waals surface area contributed by atoms with Crippen molar-refractivity contribution < 1.29 is 18.3 Å². The second kappa shape index (κ2) is 4.65. The first-order valence-corrected chi connectivity index (χ1v) is 3.00. The predicted octanol–water partition coefficient (Wildman–Crippen LogP) is 0.657. The van der Waals surface area contributed by atoms with Gasteiger partial charge in [-0.15, -0.1) is 0 Å². The monoisotopic (exact) mass is 165 g/mol. The van der Waals surface area contributed by atoms with Crippen molar-refractivity contribution >= 4 is 5.97 Å². The molecule has 0 amide bonds. The van der Waals surface area contributed by atoms with Crippen LogP contribution in [0.5, 0.6) is 0 Å². The summed E-state index contributed by atoms with van der Waals surface area (Å²) in [4.78, 5) is 10.4. The summed E-state index contributed by atoms with van der Waals surface area (Å²) in [6.45, 7) is 1.72. The first kappa shape index (κ1) is 9.87. The molecule has 0 fully saturated rings. The SMILES string of the molecule is CCOC(=O)/C=C(/N)C(F)F. The third-order valence-electron chi connectivity index (χ3n) is 0.823. The van der Waals surface area contributed by atoms with Gasteiger partial charge in [0.25, 0.3) is 6.43 Å². The van der Waals surface area contributed by atoms with Crippen molar-refractivity contribution in [1.29, 1.82) is 0 Å². The van der Waals surface area contributed by atoms with Gasteiger partial charge in [-0.3, -0.25) is 0 Å². The second-order valence-electron chi connectivity index (χ2n) is 1.70. The van der Waals surface area contributed by atoms with Crippen molar-refractivity contribution in [2.45, 2.75) is 13.3 Å². The number of nitrogens with two attached hydrogens (primary N) is 1. The predicted molar refractivity (Wildman–Crippen MR) is 34.9 cm³/mol. The van der Waals surface area contributed by atoms with Gasteiger partial charge >= 0.3 is 5.97 Å². The highest BCUT2D eigenvalue weighted by molar-refractivity contribution is 5.82. The number of esters is 1. The van der Waals surface area contributed by atoms with E-state index in [1.165, 1.54) is 0 Å². The summed E-state index contributed by atoms with van der Waals surface area (Å²) in [5.41, 5.74) is 3.98. The Labute approximate surface area is 62.8 Å². The van der Waals surface area contributed by atoms with Crippen LogP contribution in [0.2, 0.25) is 0 Å². The Bertz CT molecular complexity index is 168. The zero-order chi connectivity index (χ0) is 8.85. The van der Waals surface area contributed by atoms with Crippen LogP contribution in [-0.4, -0.2) is 19.0 Å². The van der Waals surface area contributed by atoms with E-state index in [0.29, 0.717) is 6.08 Å². The molecule has 0 radical (unpaired) electrons. The van der Waals surface area contributed by atoms with E-state index in [1.54, 1.807) is 6.92 Å². The number of alkyl halides is 2. The van der Waals surface area contributed by atoms with Crippen LogP contribution in [-0.2, 0) is 9.53 Å². The van der Waals surface area contributed by atoms with Crippen LogP contribution < -0.4 is 5.73 Å². The van der Waals surface area contributed by atoms with E-state index < -0.39 is 18.1 Å². The summed E-state index contributed by atoms with van der Waals surface area (Å²) in [5.74, 6) is -0.842. The third kappa shape index (κ3) is 4.30. The Hall–Kier alpha value is -1.13. The zero-order valence-electron chi connectivity index (χ0n) is 6.01. The van der Waals surface area contributed by atoms with Gasteiger partial charge in [0.2, 0.25) is 0 Å². The molecule has 0 aromatic rings. The Morgan fingerprint density at radius 2 is 2.27 bits per heavy atom. The molecule has 2 N–H and O–H groups in total. The van der Waals surface area contributed by atoms with Gasteiger partial charge in [0, 0.05) is 6.08 Å². The van der Waals surface area contributed by atoms with Gasteiger partial charge in [-0.05, 0) is 6.92 Å². The number of carbonyl (C=O) groups is 1. The highest BCUT2D eigenvalue weighted by atomic mass is 19.3. The minimum absolute atomic E-state index is 0.145. The lowest BCUT2D eigenvalue weighted by Crippen LogP contribution is -2.11. The quantitative estimate of drug-likeness (QED) is 0.493. The molecule has 0 spiro atoms. The molecule has 0 aliphatic heterocycles. The van der Waals surface area contributed by atoms with Gasteiger partial charge in [0.15, 0.2) is 0 Å². The summed E-state index contributed by atoms with van der Waals surface area (Å²) in [6, 6.07) is 0. The molecule has 11 heavy (non-hydrogen) atoms. The highest BCUT2D eigenvalue weighted by Gasteiger charge is 2.08. The molecule has 0 heterocycles. The van der Waals surface area contributed by atoms with E-state index in [1.807, 2.05) is 0 Å². The molecule has 0 aromatic heterocycles. The van der Waals surface area contributed by atoms with E-state index in [9.17, 15) is 13.6 Å².